The molecule has 1 saturated heterocycles. The maximum absolute atomic E-state index is 13.7. The van der Waals surface area contributed by atoms with Crippen LogP contribution in [-0.4, -0.2) is 51.5 Å². The third-order valence-electron chi connectivity index (χ3n) is 8.36. The Morgan fingerprint density at radius 1 is 1.09 bits per heavy atom. The molecule has 4 aromatic rings. The van der Waals surface area contributed by atoms with Crippen LogP contribution in [0.4, 0.5) is 5.69 Å². The Labute approximate surface area is 275 Å². The summed E-state index contributed by atoms with van der Waals surface area (Å²) in [5.41, 5.74) is 5.61. The molecule has 1 aliphatic heterocycles. The molecule has 0 radical (unpaired) electrons. The Balaban J connectivity index is 1.17. The molecule has 2 aromatic heterocycles. The maximum Gasteiger partial charge on any atom is 0.254 e. The largest absolute Gasteiger partial charge is 0.506 e. The van der Waals surface area contributed by atoms with Gasteiger partial charge in [0.1, 0.15) is 16.5 Å². The fourth-order valence-electron chi connectivity index (χ4n) is 5.69. The lowest BCUT2D eigenvalue weighted by molar-refractivity contribution is 0.0735. The van der Waals surface area contributed by atoms with E-state index in [1.807, 2.05) is 48.7 Å². The summed E-state index contributed by atoms with van der Waals surface area (Å²) in [6, 6.07) is 12.5. The summed E-state index contributed by atoms with van der Waals surface area (Å²) in [7, 11) is 1.53. The lowest BCUT2D eigenvalue weighted by atomic mass is 10.0. The number of carbonyl (C=O) groups is 2. The van der Waals surface area contributed by atoms with Gasteiger partial charge in [-0.15, -0.1) is 11.3 Å². The van der Waals surface area contributed by atoms with E-state index in [-0.39, 0.29) is 29.6 Å². The van der Waals surface area contributed by atoms with Gasteiger partial charge in [0.15, 0.2) is 0 Å². The van der Waals surface area contributed by atoms with Gasteiger partial charge in [-0.05, 0) is 92.5 Å². The van der Waals surface area contributed by atoms with Gasteiger partial charge in [-0.3, -0.25) is 14.6 Å². The number of amides is 2. The molecule has 1 fully saturated rings. The van der Waals surface area contributed by atoms with Crippen LogP contribution in [0.2, 0.25) is 0 Å². The van der Waals surface area contributed by atoms with Gasteiger partial charge in [0.05, 0.1) is 18.8 Å². The van der Waals surface area contributed by atoms with Crippen molar-refractivity contribution < 1.29 is 19.4 Å². The summed E-state index contributed by atoms with van der Waals surface area (Å²) in [6.07, 6.45) is 6.83. The second-order valence-corrected chi connectivity index (χ2v) is 13.2. The van der Waals surface area contributed by atoms with E-state index in [1.165, 1.54) is 12.7 Å². The maximum atomic E-state index is 13.7. The monoisotopic (exact) mass is 641 g/mol. The molecule has 2 aromatic carbocycles. The van der Waals surface area contributed by atoms with Gasteiger partial charge in [-0.2, -0.15) is 0 Å². The third kappa shape index (κ3) is 8.04. The van der Waals surface area contributed by atoms with E-state index in [4.69, 9.17) is 4.74 Å². The fourth-order valence-corrected chi connectivity index (χ4v) is 6.63. The molecule has 242 valence electrons. The topological polar surface area (TPSA) is 117 Å². The molecule has 46 heavy (non-hydrogen) atoms. The first kappa shape index (κ1) is 32.9. The van der Waals surface area contributed by atoms with E-state index in [1.54, 1.807) is 35.6 Å². The standard InChI is InChI=1S/C36H43N5O4S/c1-22(2)29-13-26(18-37-20-29)19-38-31-11-10-25(14-33(31)42)9-8-23(3)39-34(43)27-15-28(17-30(16-27)45-5)36(44)41-12-6-7-32(41)35-40-24(4)21-46-35/h10-11,13-18,20-23,32,38,42H,6-9,12,19H2,1-5H3,(H,39,43)/t23-,32+/m0/s1. The minimum atomic E-state index is -0.271. The number of nitrogens with one attached hydrogen (secondary N) is 2. The molecule has 2 atom stereocenters. The Bertz CT molecular complexity index is 1690. The van der Waals surface area contributed by atoms with Crippen molar-refractivity contribution in [1.82, 2.24) is 20.2 Å². The highest BCUT2D eigenvalue weighted by molar-refractivity contribution is 7.09. The molecule has 3 heterocycles. The molecule has 2 amide bonds. The van der Waals surface area contributed by atoms with Crippen molar-refractivity contribution in [3.8, 4) is 11.5 Å². The molecule has 9 nitrogen and oxygen atoms in total. The second-order valence-electron chi connectivity index (χ2n) is 12.3. The summed E-state index contributed by atoms with van der Waals surface area (Å²) in [5.74, 6) is 0.636. The first-order chi connectivity index (χ1) is 22.1. The molecule has 10 heteroatoms. The highest BCUT2D eigenvalue weighted by Gasteiger charge is 2.33. The minimum Gasteiger partial charge on any atom is -0.506 e. The van der Waals surface area contributed by atoms with Crippen LogP contribution in [0, 0.1) is 6.92 Å². The van der Waals surface area contributed by atoms with Crippen molar-refractivity contribution >= 4 is 28.8 Å². The van der Waals surface area contributed by atoms with Gasteiger partial charge >= 0.3 is 0 Å². The summed E-state index contributed by atoms with van der Waals surface area (Å²) in [5, 5.41) is 20.0. The Morgan fingerprint density at radius 2 is 1.89 bits per heavy atom. The lowest BCUT2D eigenvalue weighted by Crippen LogP contribution is -2.33. The number of aryl methyl sites for hydroxylation is 2. The van der Waals surface area contributed by atoms with Crippen LogP contribution in [-0.2, 0) is 13.0 Å². The molecular formula is C36H43N5O4S. The first-order valence-electron chi connectivity index (χ1n) is 15.8. The average molecular weight is 642 g/mol. The number of benzene rings is 2. The summed E-state index contributed by atoms with van der Waals surface area (Å²) in [6.45, 7) is 9.39. The van der Waals surface area contributed by atoms with E-state index in [9.17, 15) is 14.7 Å². The number of phenolic OH excluding ortho intramolecular Hbond substituents is 1. The number of nitrogens with zero attached hydrogens (tertiary/aromatic N) is 3. The molecule has 0 aliphatic carbocycles. The number of thiazole rings is 1. The van der Waals surface area contributed by atoms with Crippen molar-refractivity contribution in [3.05, 3.63) is 98.8 Å². The van der Waals surface area contributed by atoms with E-state index in [2.05, 4.69) is 40.5 Å². The number of carbonyl (C=O) groups excluding carboxylic acids is 2. The van der Waals surface area contributed by atoms with Crippen LogP contribution in [0.5, 0.6) is 11.5 Å². The average Bonchev–Trinajstić information content (AvgIpc) is 3.72. The van der Waals surface area contributed by atoms with Gasteiger partial charge in [-0.25, -0.2) is 4.98 Å². The molecule has 0 saturated carbocycles. The molecule has 0 bridgehead atoms. The number of hydrogen-bond donors (Lipinski definition) is 3. The predicted octanol–water partition coefficient (Wildman–Crippen LogP) is 7.02. The predicted molar refractivity (Wildman–Crippen MR) is 182 cm³/mol. The molecule has 3 N–H and O–H groups in total. The van der Waals surface area contributed by atoms with Gasteiger partial charge in [0.2, 0.25) is 0 Å². The van der Waals surface area contributed by atoms with Gasteiger partial charge in [0, 0.05) is 53.7 Å². The molecule has 1 aliphatic rings. The zero-order valence-corrected chi connectivity index (χ0v) is 28.0. The van der Waals surface area contributed by atoms with E-state index >= 15 is 0 Å². The highest BCUT2D eigenvalue weighted by Crippen LogP contribution is 2.35. The molecule has 5 rings (SSSR count). The Kier molecular flexibility index (Phi) is 10.6. The van der Waals surface area contributed by atoms with Crippen LogP contribution in [0.15, 0.2) is 60.2 Å². The quantitative estimate of drug-likeness (QED) is 0.142. The number of phenols is 1. The van der Waals surface area contributed by atoms with E-state index < -0.39 is 0 Å². The Morgan fingerprint density at radius 3 is 2.61 bits per heavy atom. The molecule has 0 spiro atoms. The number of pyridine rings is 1. The van der Waals surface area contributed by atoms with Gasteiger partial charge in [-0.1, -0.05) is 26.0 Å². The molecular weight excluding hydrogens is 598 g/mol. The number of likely N-dealkylation sites (tertiary alicyclic amines) is 1. The van der Waals surface area contributed by atoms with Crippen molar-refractivity contribution in [1.29, 1.82) is 0 Å². The van der Waals surface area contributed by atoms with Gasteiger partial charge < -0.3 is 25.4 Å². The number of anilines is 1. The fraction of sp³-hybridized carbons (Fsp3) is 0.389. The van der Waals surface area contributed by atoms with Gasteiger partial charge in [0.25, 0.3) is 11.8 Å². The zero-order valence-electron chi connectivity index (χ0n) is 27.2. The molecule has 0 unspecified atom stereocenters. The number of rotatable bonds is 12. The van der Waals surface area contributed by atoms with E-state index in [0.717, 1.165) is 34.7 Å². The number of ether oxygens (including phenoxy) is 1. The zero-order chi connectivity index (χ0) is 32.8. The van der Waals surface area contributed by atoms with Crippen LogP contribution in [0.25, 0.3) is 0 Å². The normalized spacial score (nSPS) is 15.2. The van der Waals surface area contributed by atoms with Crippen LogP contribution in [0.3, 0.4) is 0 Å². The number of aromatic nitrogens is 2. The smallest absolute Gasteiger partial charge is 0.254 e. The van der Waals surface area contributed by atoms with Crippen LogP contribution in [0.1, 0.15) is 100 Å². The van der Waals surface area contributed by atoms with Crippen molar-refractivity contribution in [3.63, 3.8) is 0 Å². The lowest BCUT2D eigenvalue weighted by Gasteiger charge is -2.24. The number of methoxy groups -OCH3 is 1. The van der Waals surface area contributed by atoms with Crippen molar-refractivity contribution in [2.24, 2.45) is 0 Å². The van der Waals surface area contributed by atoms with Crippen molar-refractivity contribution in [2.45, 2.75) is 77.9 Å². The van der Waals surface area contributed by atoms with Crippen LogP contribution < -0.4 is 15.4 Å². The Hall–Kier alpha value is -4.44. The minimum absolute atomic E-state index is 0.0573. The summed E-state index contributed by atoms with van der Waals surface area (Å²) >= 11 is 1.58. The number of aromatic hydroxyl groups is 1. The summed E-state index contributed by atoms with van der Waals surface area (Å²) in [4.78, 5) is 37.8. The van der Waals surface area contributed by atoms with E-state index in [0.29, 0.717) is 54.4 Å². The first-order valence-corrected chi connectivity index (χ1v) is 16.7. The van der Waals surface area contributed by atoms with Crippen molar-refractivity contribution in [2.75, 3.05) is 19.0 Å². The van der Waals surface area contributed by atoms with Crippen LogP contribution >= 0.6 is 11.3 Å². The second kappa shape index (κ2) is 14.8. The SMILES string of the molecule is COc1cc(C(=O)N[C@@H](C)CCc2ccc(NCc3cncc(C(C)C)c3)c(O)c2)cc(C(=O)N2CCC[C@@H]2c2nc(C)cs2)c1. The highest BCUT2D eigenvalue weighted by atomic mass is 32.1. The third-order valence-corrected chi connectivity index (χ3v) is 9.42. The number of hydrogen-bond acceptors (Lipinski definition) is 8. The summed E-state index contributed by atoms with van der Waals surface area (Å²) < 4.78 is 5.47.